The number of carbonyl (C=O) groups excluding carboxylic acids is 1. The molecule has 1 amide bonds. The van der Waals surface area contributed by atoms with E-state index in [1.54, 1.807) is 0 Å². The third kappa shape index (κ3) is 3.33. The summed E-state index contributed by atoms with van der Waals surface area (Å²) in [6.07, 6.45) is 5.16. The monoisotopic (exact) mass is 254 g/mol. The Labute approximate surface area is 104 Å². The number of H-pyrrole nitrogens is 1. The van der Waals surface area contributed by atoms with E-state index in [-0.39, 0.29) is 22.9 Å². The number of aromatic amines is 1. The van der Waals surface area contributed by atoms with Crippen molar-refractivity contribution in [3.05, 3.63) is 34.2 Å². The number of halogens is 1. The molecule has 0 unspecified atom stereocenters. The standard InChI is InChI=1S/C12H15ClN2O2/c13-9-2-4-10(5-3-9)15-12(17)8-1-6-11(16)14-7-8/h1,6-7,9-10H,2-5H2,(H,14,16)(H,15,17). The van der Waals surface area contributed by atoms with Crippen molar-refractivity contribution in [1.82, 2.24) is 10.3 Å². The predicted molar refractivity (Wildman–Crippen MR) is 66.4 cm³/mol. The molecule has 0 radical (unpaired) electrons. The lowest BCUT2D eigenvalue weighted by atomic mass is 9.95. The summed E-state index contributed by atoms with van der Waals surface area (Å²) in [6, 6.07) is 3.08. The normalized spacial score (nSPS) is 24.3. The SMILES string of the molecule is O=C(NC1CCC(Cl)CC1)c1ccc(=O)[nH]c1. The van der Waals surface area contributed by atoms with Crippen molar-refractivity contribution in [3.8, 4) is 0 Å². The fourth-order valence-corrected chi connectivity index (χ4v) is 2.27. The molecule has 1 fully saturated rings. The molecular formula is C12H15ClN2O2. The molecule has 1 saturated carbocycles. The maximum atomic E-state index is 11.8. The van der Waals surface area contributed by atoms with Gasteiger partial charge in [0, 0.05) is 23.7 Å². The second kappa shape index (κ2) is 5.36. The van der Waals surface area contributed by atoms with Gasteiger partial charge >= 0.3 is 0 Å². The Morgan fingerprint density at radius 2 is 2.00 bits per heavy atom. The molecule has 0 spiro atoms. The van der Waals surface area contributed by atoms with Gasteiger partial charge in [-0.25, -0.2) is 0 Å². The molecule has 0 bridgehead atoms. The molecule has 1 aromatic rings. The van der Waals surface area contributed by atoms with E-state index in [9.17, 15) is 9.59 Å². The van der Waals surface area contributed by atoms with E-state index < -0.39 is 0 Å². The Balaban J connectivity index is 1.93. The van der Waals surface area contributed by atoms with Crippen molar-refractivity contribution < 1.29 is 4.79 Å². The summed E-state index contributed by atoms with van der Waals surface area (Å²) < 4.78 is 0. The molecule has 4 nitrogen and oxygen atoms in total. The highest BCUT2D eigenvalue weighted by molar-refractivity contribution is 6.20. The smallest absolute Gasteiger partial charge is 0.252 e. The lowest BCUT2D eigenvalue weighted by molar-refractivity contribution is 0.0927. The Kier molecular flexibility index (Phi) is 3.84. The summed E-state index contributed by atoms with van der Waals surface area (Å²) in [5, 5.41) is 3.20. The molecular weight excluding hydrogens is 240 g/mol. The summed E-state index contributed by atoms with van der Waals surface area (Å²) >= 11 is 6.00. The zero-order valence-corrected chi connectivity index (χ0v) is 10.2. The van der Waals surface area contributed by atoms with Crippen LogP contribution in [0.2, 0.25) is 0 Å². The number of hydrogen-bond donors (Lipinski definition) is 2. The van der Waals surface area contributed by atoms with Gasteiger partial charge in [0.15, 0.2) is 0 Å². The quantitative estimate of drug-likeness (QED) is 0.789. The summed E-state index contributed by atoms with van der Waals surface area (Å²) in [5.74, 6) is -0.140. The van der Waals surface area contributed by atoms with E-state index in [1.165, 1.54) is 18.3 Å². The van der Waals surface area contributed by atoms with E-state index in [0.29, 0.717) is 5.56 Å². The van der Waals surface area contributed by atoms with Gasteiger partial charge in [0.1, 0.15) is 0 Å². The highest BCUT2D eigenvalue weighted by Gasteiger charge is 2.21. The van der Waals surface area contributed by atoms with E-state index >= 15 is 0 Å². The van der Waals surface area contributed by atoms with Crippen LogP contribution in [0.25, 0.3) is 0 Å². The molecule has 1 heterocycles. The topological polar surface area (TPSA) is 62.0 Å². The summed E-state index contributed by atoms with van der Waals surface area (Å²) in [5.41, 5.74) is 0.279. The van der Waals surface area contributed by atoms with Gasteiger partial charge in [-0.3, -0.25) is 9.59 Å². The predicted octanol–water partition coefficient (Wildman–Crippen LogP) is 1.65. The average Bonchev–Trinajstić information content (AvgIpc) is 2.33. The number of rotatable bonds is 2. The van der Waals surface area contributed by atoms with Crippen LogP contribution in [0.1, 0.15) is 36.0 Å². The average molecular weight is 255 g/mol. The Morgan fingerprint density at radius 1 is 1.29 bits per heavy atom. The minimum atomic E-state index is -0.204. The zero-order chi connectivity index (χ0) is 12.3. The van der Waals surface area contributed by atoms with Crippen LogP contribution in [0.15, 0.2) is 23.1 Å². The van der Waals surface area contributed by atoms with Crippen LogP contribution in [-0.4, -0.2) is 22.3 Å². The van der Waals surface area contributed by atoms with E-state index in [0.717, 1.165) is 25.7 Å². The van der Waals surface area contributed by atoms with E-state index in [4.69, 9.17) is 11.6 Å². The van der Waals surface area contributed by atoms with Gasteiger partial charge < -0.3 is 10.3 Å². The summed E-state index contributed by atoms with van der Waals surface area (Å²) in [6.45, 7) is 0. The first kappa shape index (κ1) is 12.2. The molecule has 17 heavy (non-hydrogen) atoms. The second-order valence-corrected chi connectivity index (χ2v) is 4.98. The van der Waals surface area contributed by atoms with Gasteiger partial charge in [-0.1, -0.05) is 0 Å². The molecule has 1 aliphatic rings. The first-order chi connectivity index (χ1) is 8.15. The third-order valence-corrected chi connectivity index (χ3v) is 3.47. The Hall–Kier alpha value is -1.29. The van der Waals surface area contributed by atoms with Gasteiger partial charge in [-0.15, -0.1) is 11.6 Å². The van der Waals surface area contributed by atoms with Crippen molar-refractivity contribution in [2.45, 2.75) is 37.1 Å². The number of hydrogen-bond acceptors (Lipinski definition) is 2. The second-order valence-electron chi connectivity index (χ2n) is 4.36. The number of carbonyl (C=O) groups is 1. The highest BCUT2D eigenvalue weighted by atomic mass is 35.5. The molecule has 5 heteroatoms. The van der Waals surface area contributed by atoms with Crippen LogP contribution < -0.4 is 10.9 Å². The molecule has 0 saturated heterocycles. The molecule has 0 aromatic carbocycles. The lowest BCUT2D eigenvalue weighted by Gasteiger charge is -2.25. The van der Waals surface area contributed by atoms with Gasteiger partial charge in [0.25, 0.3) is 5.91 Å². The number of alkyl halides is 1. The van der Waals surface area contributed by atoms with Crippen LogP contribution >= 0.6 is 11.6 Å². The molecule has 1 aliphatic carbocycles. The zero-order valence-electron chi connectivity index (χ0n) is 9.41. The molecule has 0 atom stereocenters. The fraction of sp³-hybridized carbons (Fsp3) is 0.500. The van der Waals surface area contributed by atoms with Gasteiger partial charge in [0.05, 0.1) is 5.56 Å². The molecule has 1 aromatic heterocycles. The third-order valence-electron chi connectivity index (χ3n) is 3.04. The Bertz CT molecular complexity index is 430. The maximum Gasteiger partial charge on any atom is 0.252 e. The van der Waals surface area contributed by atoms with Gasteiger partial charge in [0.2, 0.25) is 5.56 Å². The number of amides is 1. The van der Waals surface area contributed by atoms with Crippen LogP contribution in [-0.2, 0) is 0 Å². The number of nitrogens with one attached hydrogen (secondary N) is 2. The first-order valence-corrected chi connectivity index (χ1v) is 6.22. The summed E-state index contributed by atoms with van der Waals surface area (Å²) in [4.78, 5) is 25.2. The van der Waals surface area contributed by atoms with Crippen LogP contribution in [0.4, 0.5) is 0 Å². The lowest BCUT2D eigenvalue weighted by Crippen LogP contribution is -2.38. The van der Waals surface area contributed by atoms with Crippen LogP contribution in [0.5, 0.6) is 0 Å². The highest BCUT2D eigenvalue weighted by Crippen LogP contribution is 2.22. The van der Waals surface area contributed by atoms with Crippen molar-refractivity contribution in [2.75, 3.05) is 0 Å². The largest absolute Gasteiger partial charge is 0.349 e. The molecule has 92 valence electrons. The van der Waals surface area contributed by atoms with Crippen molar-refractivity contribution in [3.63, 3.8) is 0 Å². The number of pyridine rings is 1. The van der Waals surface area contributed by atoms with Crippen molar-refractivity contribution in [1.29, 1.82) is 0 Å². The first-order valence-electron chi connectivity index (χ1n) is 5.79. The maximum absolute atomic E-state index is 11.8. The van der Waals surface area contributed by atoms with Crippen LogP contribution in [0, 0.1) is 0 Å². The van der Waals surface area contributed by atoms with Gasteiger partial charge in [-0.2, -0.15) is 0 Å². The van der Waals surface area contributed by atoms with E-state index in [1.807, 2.05) is 0 Å². The molecule has 2 N–H and O–H groups in total. The van der Waals surface area contributed by atoms with Crippen molar-refractivity contribution >= 4 is 17.5 Å². The minimum Gasteiger partial charge on any atom is -0.349 e. The minimum absolute atomic E-state index is 0.140. The number of aromatic nitrogens is 1. The Morgan fingerprint density at radius 3 is 2.59 bits per heavy atom. The summed E-state index contributed by atoms with van der Waals surface area (Å²) in [7, 11) is 0. The fourth-order valence-electron chi connectivity index (χ4n) is 2.02. The molecule has 0 aliphatic heterocycles. The molecule has 2 rings (SSSR count). The van der Waals surface area contributed by atoms with Crippen LogP contribution in [0.3, 0.4) is 0 Å². The van der Waals surface area contributed by atoms with Crippen molar-refractivity contribution in [2.24, 2.45) is 0 Å². The van der Waals surface area contributed by atoms with Gasteiger partial charge in [-0.05, 0) is 31.7 Å². The van der Waals surface area contributed by atoms with E-state index in [2.05, 4.69) is 10.3 Å².